The van der Waals surface area contributed by atoms with Gasteiger partial charge in [-0.2, -0.15) is 0 Å². The summed E-state index contributed by atoms with van der Waals surface area (Å²) in [7, 11) is 0. The fourth-order valence-corrected chi connectivity index (χ4v) is 3.22. The second kappa shape index (κ2) is 4.92. The number of amides is 1. The Kier molecular flexibility index (Phi) is 3.70. The first-order valence-corrected chi connectivity index (χ1v) is 7.03. The molecular weight excluding hydrogens is 324 g/mol. The Morgan fingerprint density at radius 1 is 1.59 bits per heavy atom. The summed E-state index contributed by atoms with van der Waals surface area (Å²) in [6, 6.07) is 4.04. The van der Waals surface area contributed by atoms with Gasteiger partial charge in [0.15, 0.2) is 5.13 Å². The molecule has 1 N–H and O–H groups in total. The predicted molar refractivity (Wildman–Crippen MR) is 76.0 cm³/mol. The molecule has 17 heavy (non-hydrogen) atoms. The highest BCUT2D eigenvalue weighted by Crippen LogP contribution is 2.32. The maximum absolute atomic E-state index is 11.5. The third-order valence-electron chi connectivity index (χ3n) is 2.18. The van der Waals surface area contributed by atoms with Crippen LogP contribution in [0.1, 0.15) is 12.5 Å². The van der Waals surface area contributed by atoms with Crippen molar-refractivity contribution in [3.63, 3.8) is 0 Å². The molecule has 90 valence electrons. The number of rotatable bonds is 2. The molecule has 0 aliphatic carbocycles. The number of aryl methyl sites for hydroxylation is 1. The van der Waals surface area contributed by atoms with Crippen molar-refractivity contribution in [3.05, 3.63) is 22.2 Å². The van der Waals surface area contributed by atoms with Crippen LogP contribution < -0.4 is 5.32 Å². The van der Waals surface area contributed by atoms with E-state index < -0.39 is 5.38 Å². The van der Waals surface area contributed by atoms with Gasteiger partial charge in [0.05, 0.1) is 10.2 Å². The molecule has 1 aromatic heterocycles. The van der Waals surface area contributed by atoms with Crippen LogP contribution in [0, 0.1) is 6.92 Å². The number of nitrogens with one attached hydrogen (secondary N) is 1. The largest absolute Gasteiger partial charge is 0.301 e. The molecule has 0 spiro atoms. The van der Waals surface area contributed by atoms with Crippen LogP contribution in [0.5, 0.6) is 0 Å². The quantitative estimate of drug-likeness (QED) is 0.846. The molecule has 0 saturated carbocycles. The standard InChI is InChI=1S/C11H10BrClN2OS/c1-5-3-7(12)9-8(4-5)17-11(14-9)15-10(16)6(2)13/h3-4,6H,1-2H3,(H,14,15,16)/t6-/m1/s1. The number of alkyl halides is 1. The summed E-state index contributed by atoms with van der Waals surface area (Å²) in [4.78, 5) is 15.8. The van der Waals surface area contributed by atoms with E-state index in [1.54, 1.807) is 6.92 Å². The van der Waals surface area contributed by atoms with Crippen LogP contribution in [-0.4, -0.2) is 16.3 Å². The van der Waals surface area contributed by atoms with Crippen LogP contribution in [0.4, 0.5) is 5.13 Å². The number of fused-ring (bicyclic) bond motifs is 1. The number of anilines is 1. The van der Waals surface area contributed by atoms with E-state index >= 15 is 0 Å². The van der Waals surface area contributed by atoms with E-state index in [0.717, 1.165) is 20.3 Å². The van der Waals surface area contributed by atoms with Gasteiger partial charge in [0, 0.05) is 4.47 Å². The highest BCUT2D eigenvalue weighted by molar-refractivity contribution is 9.10. The maximum atomic E-state index is 11.5. The number of halogens is 2. The zero-order chi connectivity index (χ0) is 12.6. The van der Waals surface area contributed by atoms with Gasteiger partial charge in [0.25, 0.3) is 0 Å². The Labute approximate surface area is 116 Å². The molecule has 2 rings (SSSR count). The van der Waals surface area contributed by atoms with E-state index in [0.29, 0.717) is 5.13 Å². The van der Waals surface area contributed by atoms with Crippen LogP contribution in [0.25, 0.3) is 10.2 Å². The molecule has 1 aromatic carbocycles. The number of hydrogen-bond donors (Lipinski definition) is 1. The van der Waals surface area contributed by atoms with Gasteiger partial charge in [-0.05, 0) is 47.5 Å². The second-order valence-electron chi connectivity index (χ2n) is 3.72. The van der Waals surface area contributed by atoms with Crippen LogP contribution in [0.3, 0.4) is 0 Å². The molecule has 0 radical (unpaired) electrons. The Morgan fingerprint density at radius 2 is 2.29 bits per heavy atom. The molecule has 0 aliphatic rings. The molecule has 3 nitrogen and oxygen atoms in total. The van der Waals surface area contributed by atoms with Crippen molar-refractivity contribution in [1.29, 1.82) is 0 Å². The van der Waals surface area contributed by atoms with Gasteiger partial charge >= 0.3 is 0 Å². The van der Waals surface area contributed by atoms with Crippen molar-refractivity contribution < 1.29 is 4.79 Å². The monoisotopic (exact) mass is 332 g/mol. The lowest BCUT2D eigenvalue weighted by Crippen LogP contribution is -2.19. The molecule has 0 bridgehead atoms. The average Bonchev–Trinajstić information content (AvgIpc) is 2.60. The number of carbonyl (C=O) groups excluding carboxylic acids is 1. The van der Waals surface area contributed by atoms with Gasteiger partial charge in [-0.15, -0.1) is 11.6 Å². The van der Waals surface area contributed by atoms with Crippen LogP contribution in [0.2, 0.25) is 0 Å². The highest BCUT2D eigenvalue weighted by Gasteiger charge is 2.13. The Morgan fingerprint density at radius 3 is 2.94 bits per heavy atom. The zero-order valence-electron chi connectivity index (χ0n) is 9.25. The van der Waals surface area contributed by atoms with Crippen molar-refractivity contribution in [2.45, 2.75) is 19.2 Å². The summed E-state index contributed by atoms with van der Waals surface area (Å²) in [5.41, 5.74) is 2.01. The SMILES string of the molecule is Cc1cc(Br)c2nc(NC(=O)[C@@H](C)Cl)sc2c1. The van der Waals surface area contributed by atoms with Crippen molar-refractivity contribution in [2.75, 3.05) is 5.32 Å². The number of benzene rings is 1. The lowest BCUT2D eigenvalue weighted by molar-refractivity contribution is -0.115. The van der Waals surface area contributed by atoms with Crippen LogP contribution in [0.15, 0.2) is 16.6 Å². The summed E-state index contributed by atoms with van der Waals surface area (Å²) in [5.74, 6) is -0.237. The minimum Gasteiger partial charge on any atom is -0.301 e. The van der Waals surface area contributed by atoms with Gasteiger partial charge < -0.3 is 5.32 Å². The van der Waals surface area contributed by atoms with E-state index in [1.807, 2.05) is 19.1 Å². The van der Waals surface area contributed by atoms with Gasteiger partial charge in [-0.1, -0.05) is 11.3 Å². The molecule has 1 amide bonds. The normalized spacial score (nSPS) is 12.7. The first-order chi connectivity index (χ1) is 7.97. The molecule has 0 saturated heterocycles. The summed E-state index contributed by atoms with van der Waals surface area (Å²) in [5, 5.41) is 2.70. The highest BCUT2D eigenvalue weighted by atomic mass is 79.9. The molecule has 1 atom stereocenters. The first-order valence-electron chi connectivity index (χ1n) is 4.99. The second-order valence-corrected chi connectivity index (χ2v) is 6.26. The van der Waals surface area contributed by atoms with Crippen LogP contribution in [-0.2, 0) is 4.79 Å². The number of carbonyl (C=O) groups is 1. The van der Waals surface area contributed by atoms with Crippen molar-refractivity contribution in [3.8, 4) is 0 Å². The van der Waals surface area contributed by atoms with Crippen LogP contribution >= 0.6 is 38.9 Å². The van der Waals surface area contributed by atoms with E-state index in [9.17, 15) is 4.79 Å². The van der Waals surface area contributed by atoms with Crippen molar-refractivity contribution in [2.24, 2.45) is 0 Å². The fraction of sp³-hybridized carbons (Fsp3) is 0.273. The lowest BCUT2D eigenvalue weighted by atomic mass is 10.2. The van der Waals surface area contributed by atoms with E-state index in [4.69, 9.17) is 11.6 Å². The molecule has 0 unspecified atom stereocenters. The molecule has 0 aliphatic heterocycles. The van der Waals surface area contributed by atoms with E-state index in [2.05, 4.69) is 26.2 Å². The van der Waals surface area contributed by atoms with Crippen molar-refractivity contribution in [1.82, 2.24) is 4.98 Å². The smallest absolute Gasteiger partial charge is 0.243 e. The zero-order valence-corrected chi connectivity index (χ0v) is 12.4. The fourth-order valence-electron chi connectivity index (χ4n) is 1.38. The number of thiazole rings is 1. The predicted octanol–water partition coefficient (Wildman–Crippen LogP) is 3.93. The molecule has 2 aromatic rings. The first kappa shape index (κ1) is 12.8. The lowest BCUT2D eigenvalue weighted by Gasteiger charge is -2.01. The Bertz CT molecular complexity index is 582. The van der Waals surface area contributed by atoms with Gasteiger partial charge in [-0.3, -0.25) is 4.79 Å². The number of aromatic nitrogens is 1. The molecule has 6 heteroatoms. The molecule has 1 heterocycles. The van der Waals surface area contributed by atoms with Gasteiger partial charge in [0.2, 0.25) is 5.91 Å². The van der Waals surface area contributed by atoms with E-state index in [1.165, 1.54) is 11.3 Å². The summed E-state index contributed by atoms with van der Waals surface area (Å²) in [6.45, 7) is 3.65. The number of nitrogens with zero attached hydrogens (tertiary/aromatic N) is 1. The summed E-state index contributed by atoms with van der Waals surface area (Å²) >= 11 is 10.6. The minimum absolute atomic E-state index is 0.237. The topological polar surface area (TPSA) is 42.0 Å². The summed E-state index contributed by atoms with van der Waals surface area (Å²) in [6.07, 6.45) is 0. The third-order valence-corrected chi connectivity index (χ3v) is 3.90. The third kappa shape index (κ3) is 2.78. The van der Waals surface area contributed by atoms with E-state index in [-0.39, 0.29) is 5.91 Å². The Hall–Kier alpha value is -0.650. The van der Waals surface area contributed by atoms with Gasteiger partial charge in [0.1, 0.15) is 5.38 Å². The summed E-state index contributed by atoms with van der Waals surface area (Å²) < 4.78 is 1.97. The van der Waals surface area contributed by atoms with Crippen molar-refractivity contribution >= 4 is 60.1 Å². The number of hydrogen-bond acceptors (Lipinski definition) is 3. The Balaban J connectivity index is 2.38. The maximum Gasteiger partial charge on any atom is 0.243 e. The molecular formula is C11H10BrClN2OS. The molecule has 0 fully saturated rings. The van der Waals surface area contributed by atoms with Gasteiger partial charge in [-0.25, -0.2) is 4.98 Å². The minimum atomic E-state index is -0.563. The average molecular weight is 334 g/mol.